The van der Waals surface area contributed by atoms with E-state index >= 15 is 0 Å². The van der Waals surface area contributed by atoms with Crippen LogP contribution in [0.15, 0.2) is 52.0 Å². The molecule has 0 N–H and O–H groups in total. The van der Waals surface area contributed by atoms with Crippen molar-refractivity contribution in [3.05, 3.63) is 52.6 Å². The van der Waals surface area contributed by atoms with Crippen molar-refractivity contribution in [1.82, 2.24) is 14.5 Å². The van der Waals surface area contributed by atoms with Crippen LogP contribution in [0, 0.1) is 0 Å². The molecule has 0 bridgehead atoms. The molecule has 0 saturated heterocycles. The first-order valence-corrected chi connectivity index (χ1v) is 13.2. The Morgan fingerprint density at radius 2 is 1.78 bits per heavy atom. The van der Waals surface area contributed by atoms with Crippen LogP contribution < -0.4 is 0 Å². The summed E-state index contributed by atoms with van der Waals surface area (Å²) >= 11 is 3.35. The zero-order valence-electron chi connectivity index (χ0n) is 19.6. The zero-order chi connectivity index (χ0) is 26.6. The van der Waals surface area contributed by atoms with Crippen LogP contribution in [0.3, 0.4) is 0 Å². The number of rotatable bonds is 3. The van der Waals surface area contributed by atoms with Gasteiger partial charge in [-0.15, -0.1) is 0 Å². The number of hydrogen-bond acceptors (Lipinski definition) is 6. The normalized spacial score (nSPS) is 12.9. The highest BCUT2D eigenvalue weighted by molar-refractivity contribution is 9.10. The third-order valence-electron chi connectivity index (χ3n) is 5.26. The molecule has 0 aliphatic carbocycles. The average Bonchev–Trinajstić information content (AvgIpc) is 3.15. The van der Waals surface area contributed by atoms with Gasteiger partial charge in [0.1, 0.15) is 11.3 Å². The molecule has 0 amide bonds. The van der Waals surface area contributed by atoms with Gasteiger partial charge < -0.3 is 4.74 Å². The molecule has 4 rings (SSSR count). The highest BCUT2D eigenvalue weighted by atomic mass is 79.9. The zero-order valence-corrected chi connectivity index (χ0v) is 22.0. The fourth-order valence-corrected chi connectivity index (χ4v) is 5.06. The van der Waals surface area contributed by atoms with E-state index in [0.29, 0.717) is 21.6 Å². The Kier molecular flexibility index (Phi) is 6.40. The van der Waals surface area contributed by atoms with Crippen LogP contribution in [-0.2, 0) is 20.8 Å². The van der Waals surface area contributed by atoms with Gasteiger partial charge >= 0.3 is 12.3 Å². The molecule has 0 aliphatic rings. The summed E-state index contributed by atoms with van der Waals surface area (Å²) in [7, 11) is -3.87. The molecular formula is C24H21BrF3N3O4S. The molecule has 0 saturated carbocycles. The van der Waals surface area contributed by atoms with Gasteiger partial charge in [-0.3, -0.25) is 4.98 Å². The van der Waals surface area contributed by atoms with Crippen molar-refractivity contribution < 1.29 is 31.1 Å². The van der Waals surface area contributed by atoms with Gasteiger partial charge in [0, 0.05) is 16.1 Å². The molecule has 1 aromatic carbocycles. The topological polar surface area (TPSA) is 91.1 Å². The molecule has 0 radical (unpaired) electrons. The molecule has 3 heterocycles. The van der Waals surface area contributed by atoms with Crippen LogP contribution in [0.2, 0.25) is 0 Å². The Bertz CT molecular complexity index is 1620. The molecular weight excluding hydrogens is 563 g/mol. The lowest BCUT2D eigenvalue weighted by molar-refractivity contribution is -0.137. The first-order valence-electron chi connectivity index (χ1n) is 10.8. The monoisotopic (exact) mass is 583 g/mol. The summed E-state index contributed by atoms with van der Waals surface area (Å²) in [5.41, 5.74) is -1.92. The molecule has 0 fully saturated rings. The minimum Gasteiger partial charge on any atom is -0.443 e. The maximum absolute atomic E-state index is 13.5. The predicted molar refractivity (Wildman–Crippen MR) is 133 cm³/mol. The second-order valence-electron chi connectivity index (χ2n) is 9.05. The number of carbonyl (C=O) groups is 1. The molecule has 7 nitrogen and oxygen atoms in total. The third kappa shape index (κ3) is 4.96. The number of carbonyl (C=O) groups excluding carboxylic acids is 1. The lowest BCUT2D eigenvalue weighted by Gasteiger charge is -2.21. The van der Waals surface area contributed by atoms with Gasteiger partial charge in [-0.2, -0.15) is 13.2 Å². The van der Waals surface area contributed by atoms with Crippen LogP contribution in [-0.4, -0.2) is 40.4 Å². The van der Waals surface area contributed by atoms with Crippen molar-refractivity contribution in [2.45, 2.75) is 44.4 Å². The quantitative estimate of drug-likeness (QED) is 0.269. The molecule has 0 aliphatic heterocycles. The number of pyridine rings is 2. The maximum Gasteiger partial charge on any atom is 0.419 e. The lowest BCUT2D eigenvalue weighted by Crippen LogP contribution is -2.27. The number of halogens is 4. The number of ether oxygens (including phenoxy) is 1. The number of alkyl halides is 3. The highest BCUT2D eigenvalue weighted by Gasteiger charge is 2.33. The molecule has 4 aromatic rings. The van der Waals surface area contributed by atoms with E-state index in [4.69, 9.17) is 4.74 Å². The van der Waals surface area contributed by atoms with Gasteiger partial charge in [0.25, 0.3) is 0 Å². The minimum absolute atomic E-state index is 0.0430. The van der Waals surface area contributed by atoms with Crippen molar-refractivity contribution in [3.63, 3.8) is 0 Å². The van der Waals surface area contributed by atoms with E-state index in [0.717, 1.165) is 10.6 Å². The lowest BCUT2D eigenvalue weighted by atomic mass is 10.1. The summed E-state index contributed by atoms with van der Waals surface area (Å²) in [5, 5.41) is 0.526. The summed E-state index contributed by atoms with van der Waals surface area (Å²) < 4.78 is 73.6. The number of benzene rings is 1. The van der Waals surface area contributed by atoms with Crippen molar-refractivity contribution in [2.24, 2.45) is 0 Å². The van der Waals surface area contributed by atoms with Gasteiger partial charge in [0.2, 0.25) is 0 Å². The maximum atomic E-state index is 13.5. The van der Waals surface area contributed by atoms with Crippen LogP contribution in [0.25, 0.3) is 33.3 Å². The van der Waals surface area contributed by atoms with Crippen LogP contribution in [0.5, 0.6) is 0 Å². The van der Waals surface area contributed by atoms with Gasteiger partial charge in [-0.25, -0.2) is 22.8 Å². The summed E-state index contributed by atoms with van der Waals surface area (Å²) in [6.45, 7) is 6.28. The van der Waals surface area contributed by atoms with Gasteiger partial charge in [-0.05, 0) is 57.2 Å². The number of aromatic nitrogens is 3. The van der Waals surface area contributed by atoms with Crippen LogP contribution in [0.4, 0.5) is 18.0 Å². The predicted octanol–water partition coefficient (Wildman–Crippen LogP) is 6.61. The van der Waals surface area contributed by atoms with E-state index in [-0.39, 0.29) is 33.1 Å². The first-order chi connectivity index (χ1) is 16.6. The van der Waals surface area contributed by atoms with E-state index < -0.39 is 33.3 Å². The molecule has 3 aromatic heterocycles. The molecule has 12 heteroatoms. The molecule has 190 valence electrons. The van der Waals surface area contributed by atoms with Gasteiger partial charge in [0.15, 0.2) is 9.84 Å². The third-order valence-corrected chi connectivity index (χ3v) is 7.49. The second-order valence-corrected chi connectivity index (χ2v) is 12.2. The number of hydrogen-bond donors (Lipinski definition) is 0. The molecule has 0 unspecified atom stereocenters. The second kappa shape index (κ2) is 8.84. The first kappa shape index (κ1) is 26.1. The minimum atomic E-state index is -4.71. The van der Waals surface area contributed by atoms with Crippen LogP contribution >= 0.6 is 15.9 Å². The standard InChI is InChI=1S/C24H21BrF3N3O4S/c1-5-36(33,34)20-9-13-8-15(25)6-7-16(13)30-21(20)19-11-17-18(10-14(12-29-17)24(26,27)28)31(19)22(32)35-23(2,3)4/h6-12H,5H2,1-4H3. The highest BCUT2D eigenvalue weighted by Crippen LogP contribution is 2.37. The summed E-state index contributed by atoms with van der Waals surface area (Å²) in [5.74, 6) is -0.260. The number of nitrogens with zero attached hydrogens (tertiary/aromatic N) is 3. The SMILES string of the molecule is CCS(=O)(=O)c1cc2cc(Br)ccc2nc1-c1cc2ncc(C(F)(F)F)cc2n1C(=O)OC(C)(C)C. The van der Waals surface area contributed by atoms with Crippen molar-refractivity contribution >= 4 is 53.8 Å². The Morgan fingerprint density at radius 1 is 1.08 bits per heavy atom. The summed E-state index contributed by atoms with van der Waals surface area (Å²) in [4.78, 5) is 21.5. The summed E-state index contributed by atoms with van der Waals surface area (Å²) in [6, 6.07) is 8.62. The van der Waals surface area contributed by atoms with E-state index in [1.807, 2.05) is 0 Å². The Morgan fingerprint density at radius 3 is 2.39 bits per heavy atom. The molecule has 0 spiro atoms. The van der Waals surface area contributed by atoms with E-state index in [1.54, 1.807) is 39.0 Å². The number of sulfone groups is 1. The fraction of sp³-hybridized carbons (Fsp3) is 0.292. The van der Waals surface area contributed by atoms with Gasteiger partial charge in [0.05, 0.1) is 38.5 Å². The Hall–Kier alpha value is -2.99. The van der Waals surface area contributed by atoms with Crippen molar-refractivity contribution in [1.29, 1.82) is 0 Å². The largest absolute Gasteiger partial charge is 0.443 e. The Balaban J connectivity index is 2.12. The fourth-order valence-electron chi connectivity index (χ4n) is 3.62. The van der Waals surface area contributed by atoms with Crippen LogP contribution in [0.1, 0.15) is 33.3 Å². The van der Waals surface area contributed by atoms with E-state index in [9.17, 15) is 26.4 Å². The molecule has 0 atom stereocenters. The summed E-state index contributed by atoms with van der Waals surface area (Å²) in [6.07, 6.45) is -5.05. The molecule has 36 heavy (non-hydrogen) atoms. The number of fused-ring (bicyclic) bond motifs is 2. The smallest absolute Gasteiger partial charge is 0.419 e. The van der Waals surface area contributed by atoms with E-state index in [1.165, 1.54) is 19.1 Å². The van der Waals surface area contributed by atoms with Crippen molar-refractivity contribution in [2.75, 3.05) is 5.75 Å². The van der Waals surface area contributed by atoms with Gasteiger partial charge in [-0.1, -0.05) is 22.9 Å². The average molecular weight is 584 g/mol. The van der Waals surface area contributed by atoms with E-state index in [2.05, 4.69) is 25.9 Å². The van der Waals surface area contributed by atoms with Crippen molar-refractivity contribution in [3.8, 4) is 11.4 Å². The Labute approximate surface area is 213 Å².